The minimum absolute atomic E-state index is 0.0737. The van der Waals surface area contributed by atoms with E-state index in [1.54, 1.807) is 0 Å². The van der Waals surface area contributed by atoms with Gasteiger partial charge < -0.3 is 0 Å². The van der Waals surface area contributed by atoms with Crippen molar-refractivity contribution in [2.45, 2.75) is 39.7 Å². The lowest BCUT2D eigenvalue weighted by atomic mass is 9.97. The molecule has 3 nitrogen and oxygen atoms in total. The Hall–Kier alpha value is -2.68. The molecule has 1 aromatic heterocycles. The number of aryl methyl sites for hydroxylation is 2. The first-order chi connectivity index (χ1) is 12.2. The molecule has 0 saturated heterocycles. The highest BCUT2D eigenvalue weighted by atomic mass is 16.1. The molecule has 0 fully saturated rings. The fourth-order valence-corrected chi connectivity index (χ4v) is 3.45. The van der Waals surface area contributed by atoms with Crippen molar-refractivity contribution in [2.75, 3.05) is 0 Å². The van der Waals surface area contributed by atoms with Crippen molar-refractivity contribution in [1.82, 2.24) is 9.55 Å². The topological polar surface area (TPSA) is 34.9 Å². The van der Waals surface area contributed by atoms with E-state index >= 15 is 0 Å². The average molecular weight is 332 g/mol. The van der Waals surface area contributed by atoms with Crippen molar-refractivity contribution in [3.8, 4) is 0 Å². The third kappa shape index (κ3) is 3.27. The summed E-state index contributed by atoms with van der Waals surface area (Å²) in [5.41, 5.74) is 4.00. The molecular weight excluding hydrogens is 308 g/mol. The Morgan fingerprint density at radius 3 is 1.84 bits per heavy atom. The Morgan fingerprint density at radius 2 is 1.40 bits per heavy atom. The molecule has 3 aromatic rings. The number of hydrogen-bond acceptors (Lipinski definition) is 2. The van der Waals surface area contributed by atoms with Crippen molar-refractivity contribution in [2.24, 2.45) is 0 Å². The minimum Gasteiger partial charge on any atom is -0.285 e. The fraction of sp³-hybridized carbons (Fsp3) is 0.273. The van der Waals surface area contributed by atoms with E-state index in [4.69, 9.17) is 4.98 Å². The molecular formula is C22H24N2O. The Morgan fingerprint density at radius 1 is 0.880 bits per heavy atom. The van der Waals surface area contributed by atoms with Gasteiger partial charge in [0.2, 0.25) is 0 Å². The zero-order valence-electron chi connectivity index (χ0n) is 15.1. The number of nitrogens with zero attached hydrogens (tertiary/aromatic N) is 2. The molecule has 0 aliphatic carbocycles. The van der Waals surface area contributed by atoms with Gasteiger partial charge in [-0.2, -0.15) is 0 Å². The summed E-state index contributed by atoms with van der Waals surface area (Å²) in [5, 5.41) is 0. The van der Waals surface area contributed by atoms with Crippen molar-refractivity contribution in [3.05, 3.63) is 99.2 Å². The monoisotopic (exact) mass is 332 g/mol. The smallest absolute Gasteiger partial charge is 0.257 e. The predicted octanol–water partition coefficient (Wildman–Crippen LogP) is 4.31. The second kappa shape index (κ2) is 7.47. The van der Waals surface area contributed by atoms with E-state index < -0.39 is 0 Å². The quantitative estimate of drug-likeness (QED) is 0.697. The molecule has 0 aliphatic rings. The maximum Gasteiger partial charge on any atom is 0.257 e. The molecule has 0 radical (unpaired) electrons. The molecule has 0 spiro atoms. The van der Waals surface area contributed by atoms with Crippen LogP contribution in [-0.2, 0) is 12.8 Å². The molecule has 0 bridgehead atoms. The molecule has 0 atom stereocenters. The van der Waals surface area contributed by atoms with Crippen LogP contribution in [0.1, 0.15) is 48.1 Å². The van der Waals surface area contributed by atoms with Crippen LogP contribution in [0.3, 0.4) is 0 Å². The largest absolute Gasteiger partial charge is 0.285 e. The van der Waals surface area contributed by atoms with E-state index in [0.717, 1.165) is 34.6 Å². The van der Waals surface area contributed by atoms with Gasteiger partial charge in [0.05, 0.1) is 11.7 Å². The molecule has 128 valence electrons. The minimum atomic E-state index is -0.168. The normalized spacial score (nSPS) is 11.0. The Balaban J connectivity index is 2.30. The molecule has 0 amide bonds. The summed E-state index contributed by atoms with van der Waals surface area (Å²) < 4.78 is 1.85. The van der Waals surface area contributed by atoms with Crippen LogP contribution in [0.15, 0.2) is 65.5 Å². The van der Waals surface area contributed by atoms with Gasteiger partial charge in [0, 0.05) is 5.56 Å². The Labute approximate surface area is 149 Å². The van der Waals surface area contributed by atoms with Crippen LogP contribution in [0, 0.1) is 6.92 Å². The van der Waals surface area contributed by atoms with Gasteiger partial charge in [0.1, 0.15) is 5.82 Å². The first kappa shape index (κ1) is 17.2. The van der Waals surface area contributed by atoms with Crippen molar-refractivity contribution >= 4 is 0 Å². The SMILES string of the molecule is CCc1nc(C)n(C(c2ccccc2)c2ccccc2)c(=O)c1CC. The van der Waals surface area contributed by atoms with E-state index in [1.165, 1.54) is 0 Å². The maximum atomic E-state index is 13.3. The third-order valence-corrected chi connectivity index (χ3v) is 4.65. The van der Waals surface area contributed by atoms with Crippen LogP contribution < -0.4 is 5.56 Å². The number of aromatic nitrogens is 2. The van der Waals surface area contributed by atoms with E-state index in [9.17, 15) is 4.79 Å². The Kier molecular flexibility index (Phi) is 5.13. The molecule has 0 N–H and O–H groups in total. The fourth-order valence-electron chi connectivity index (χ4n) is 3.45. The summed E-state index contributed by atoms with van der Waals surface area (Å²) in [4.78, 5) is 18.1. The van der Waals surface area contributed by atoms with Gasteiger partial charge >= 0.3 is 0 Å². The molecule has 2 aromatic carbocycles. The lowest BCUT2D eigenvalue weighted by molar-refractivity contribution is 0.597. The van der Waals surface area contributed by atoms with Gasteiger partial charge in [-0.25, -0.2) is 4.98 Å². The summed E-state index contributed by atoms with van der Waals surface area (Å²) in [5.74, 6) is 0.761. The molecule has 25 heavy (non-hydrogen) atoms. The van der Waals surface area contributed by atoms with Crippen LogP contribution >= 0.6 is 0 Å². The standard InChI is InChI=1S/C22H24N2O/c1-4-19-20(5-2)23-16(3)24(22(19)25)21(17-12-8-6-9-13-17)18-14-10-7-11-15-18/h6-15,21H,4-5H2,1-3H3. The third-order valence-electron chi connectivity index (χ3n) is 4.65. The second-order valence-electron chi connectivity index (χ2n) is 6.19. The van der Waals surface area contributed by atoms with Crippen LogP contribution in [-0.4, -0.2) is 9.55 Å². The summed E-state index contributed by atoms with van der Waals surface area (Å²) in [7, 11) is 0. The van der Waals surface area contributed by atoms with E-state index in [-0.39, 0.29) is 11.6 Å². The first-order valence-electron chi connectivity index (χ1n) is 8.88. The lowest BCUT2D eigenvalue weighted by Crippen LogP contribution is -2.33. The van der Waals surface area contributed by atoms with Crippen molar-refractivity contribution in [3.63, 3.8) is 0 Å². The number of hydrogen-bond donors (Lipinski definition) is 0. The Bertz CT molecular complexity index is 859. The molecule has 3 rings (SSSR count). The first-order valence-corrected chi connectivity index (χ1v) is 8.88. The maximum absolute atomic E-state index is 13.3. The van der Waals surface area contributed by atoms with E-state index in [2.05, 4.69) is 31.2 Å². The van der Waals surface area contributed by atoms with Crippen molar-refractivity contribution in [1.29, 1.82) is 0 Å². The van der Waals surface area contributed by atoms with Crippen LogP contribution in [0.25, 0.3) is 0 Å². The summed E-state index contributed by atoms with van der Waals surface area (Å²) in [6, 6.07) is 20.2. The van der Waals surface area contributed by atoms with Crippen LogP contribution in [0.5, 0.6) is 0 Å². The van der Waals surface area contributed by atoms with Crippen LogP contribution in [0.4, 0.5) is 0 Å². The zero-order chi connectivity index (χ0) is 17.8. The highest BCUT2D eigenvalue weighted by molar-refractivity contribution is 5.34. The highest BCUT2D eigenvalue weighted by Gasteiger charge is 2.22. The highest BCUT2D eigenvalue weighted by Crippen LogP contribution is 2.26. The van der Waals surface area contributed by atoms with Gasteiger partial charge in [-0.1, -0.05) is 74.5 Å². The average Bonchev–Trinajstić information content (AvgIpc) is 2.66. The summed E-state index contributed by atoms with van der Waals surface area (Å²) in [6.45, 7) is 6.01. The zero-order valence-corrected chi connectivity index (χ0v) is 15.1. The molecule has 0 saturated carbocycles. The molecule has 0 aliphatic heterocycles. The van der Waals surface area contributed by atoms with E-state index in [0.29, 0.717) is 6.42 Å². The number of rotatable bonds is 5. The van der Waals surface area contributed by atoms with Gasteiger partial charge in [0.25, 0.3) is 5.56 Å². The van der Waals surface area contributed by atoms with Gasteiger partial charge in [0.15, 0.2) is 0 Å². The van der Waals surface area contributed by atoms with Crippen LogP contribution in [0.2, 0.25) is 0 Å². The van der Waals surface area contributed by atoms with Gasteiger partial charge in [-0.05, 0) is 30.9 Å². The number of benzene rings is 2. The van der Waals surface area contributed by atoms with Crippen molar-refractivity contribution < 1.29 is 0 Å². The summed E-state index contributed by atoms with van der Waals surface area (Å²) >= 11 is 0. The molecule has 3 heteroatoms. The van der Waals surface area contributed by atoms with Gasteiger partial charge in [-0.3, -0.25) is 9.36 Å². The lowest BCUT2D eigenvalue weighted by Gasteiger charge is -2.24. The summed E-state index contributed by atoms with van der Waals surface area (Å²) in [6.07, 6.45) is 1.48. The molecule has 0 unspecified atom stereocenters. The molecule has 1 heterocycles. The predicted molar refractivity (Wildman–Crippen MR) is 102 cm³/mol. The van der Waals surface area contributed by atoms with E-state index in [1.807, 2.05) is 54.8 Å². The van der Waals surface area contributed by atoms with Gasteiger partial charge in [-0.15, -0.1) is 0 Å². The second-order valence-corrected chi connectivity index (χ2v) is 6.19.